The van der Waals surface area contributed by atoms with Crippen molar-refractivity contribution in [1.82, 2.24) is 9.97 Å². The minimum Gasteiger partial charge on any atom is -0.233 e. The normalized spacial score (nSPS) is 14.8. The second kappa shape index (κ2) is 4.43. The van der Waals surface area contributed by atoms with E-state index >= 15 is 0 Å². The topological polar surface area (TPSA) is 25.8 Å². The van der Waals surface area contributed by atoms with E-state index in [1.54, 1.807) is 13.0 Å². The number of rotatable bonds is 2. The van der Waals surface area contributed by atoms with Gasteiger partial charge in [0.15, 0.2) is 0 Å². The molecule has 0 unspecified atom stereocenters. The van der Waals surface area contributed by atoms with Crippen LogP contribution in [0.5, 0.6) is 0 Å². The summed E-state index contributed by atoms with van der Waals surface area (Å²) in [4.78, 5) is 8.90. The SMILES string of the molecule is Cc1ccc(-c2cc(Br)nc(C3CC3)n2)cc1F. The number of benzene rings is 1. The van der Waals surface area contributed by atoms with E-state index in [1.807, 2.05) is 12.1 Å². The van der Waals surface area contributed by atoms with Crippen LogP contribution in [0.2, 0.25) is 0 Å². The van der Waals surface area contributed by atoms with Gasteiger partial charge in [-0.25, -0.2) is 14.4 Å². The molecule has 0 amide bonds. The van der Waals surface area contributed by atoms with Crippen LogP contribution in [0, 0.1) is 12.7 Å². The highest BCUT2D eigenvalue weighted by molar-refractivity contribution is 9.10. The summed E-state index contributed by atoms with van der Waals surface area (Å²) in [5.41, 5.74) is 2.22. The van der Waals surface area contributed by atoms with Crippen molar-refractivity contribution in [2.45, 2.75) is 25.7 Å². The van der Waals surface area contributed by atoms with Crippen LogP contribution < -0.4 is 0 Å². The number of halogens is 2. The zero-order valence-corrected chi connectivity index (χ0v) is 11.5. The monoisotopic (exact) mass is 306 g/mol. The molecule has 1 aromatic heterocycles. The van der Waals surface area contributed by atoms with Crippen molar-refractivity contribution < 1.29 is 4.39 Å². The van der Waals surface area contributed by atoms with Gasteiger partial charge in [0.1, 0.15) is 16.2 Å². The summed E-state index contributed by atoms with van der Waals surface area (Å²) in [6.45, 7) is 1.75. The Hall–Kier alpha value is -1.29. The molecule has 0 atom stereocenters. The molecule has 18 heavy (non-hydrogen) atoms. The molecule has 0 bridgehead atoms. The molecule has 2 nitrogen and oxygen atoms in total. The fourth-order valence-electron chi connectivity index (χ4n) is 1.86. The third kappa shape index (κ3) is 2.29. The molecule has 1 fully saturated rings. The Morgan fingerprint density at radius 1 is 1.22 bits per heavy atom. The van der Waals surface area contributed by atoms with E-state index in [0.717, 1.165) is 34.5 Å². The lowest BCUT2D eigenvalue weighted by Gasteiger charge is -2.06. The van der Waals surface area contributed by atoms with Gasteiger partial charge in [0.2, 0.25) is 0 Å². The fraction of sp³-hybridized carbons (Fsp3) is 0.286. The van der Waals surface area contributed by atoms with Crippen molar-refractivity contribution >= 4 is 15.9 Å². The predicted octanol–water partition coefficient (Wildman–Crippen LogP) is 4.23. The van der Waals surface area contributed by atoms with Gasteiger partial charge in [-0.3, -0.25) is 0 Å². The summed E-state index contributed by atoms with van der Waals surface area (Å²) in [6, 6.07) is 7.03. The van der Waals surface area contributed by atoms with E-state index in [2.05, 4.69) is 25.9 Å². The van der Waals surface area contributed by atoms with Gasteiger partial charge in [-0.1, -0.05) is 12.1 Å². The second-order valence-corrected chi connectivity index (χ2v) is 5.48. The van der Waals surface area contributed by atoms with Crippen molar-refractivity contribution in [3.8, 4) is 11.3 Å². The van der Waals surface area contributed by atoms with E-state index in [-0.39, 0.29) is 5.82 Å². The van der Waals surface area contributed by atoms with Crippen LogP contribution in [-0.4, -0.2) is 9.97 Å². The lowest BCUT2D eigenvalue weighted by molar-refractivity contribution is 0.619. The summed E-state index contributed by atoms with van der Waals surface area (Å²) in [5, 5.41) is 0. The fourth-order valence-corrected chi connectivity index (χ4v) is 2.26. The number of nitrogens with zero attached hydrogens (tertiary/aromatic N) is 2. The Morgan fingerprint density at radius 3 is 2.67 bits per heavy atom. The minimum absolute atomic E-state index is 0.199. The van der Waals surface area contributed by atoms with Gasteiger partial charge >= 0.3 is 0 Å². The molecule has 0 spiro atoms. The van der Waals surface area contributed by atoms with Gasteiger partial charge in [-0.05, 0) is 53.4 Å². The Balaban J connectivity index is 2.07. The molecular weight excluding hydrogens is 295 g/mol. The highest BCUT2D eigenvalue weighted by atomic mass is 79.9. The van der Waals surface area contributed by atoms with E-state index in [1.165, 1.54) is 6.07 Å². The van der Waals surface area contributed by atoms with Crippen molar-refractivity contribution in [2.75, 3.05) is 0 Å². The highest BCUT2D eigenvalue weighted by Crippen LogP contribution is 2.39. The summed E-state index contributed by atoms with van der Waals surface area (Å²) in [7, 11) is 0. The van der Waals surface area contributed by atoms with E-state index in [4.69, 9.17) is 0 Å². The summed E-state index contributed by atoms with van der Waals surface area (Å²) >= 11 is 3.39. The van der Waals surface area contributed by atoms with Gasteiger partial charge in [-0.2, -0.15) is 0 Å². The van der Waals surface area contributed by atoms with Crippen molar-refractivity contribution in [3.05, 3.63) is 46.1 Å². The van der Waals surface area contributed by atoms with E-state index in [0.29, 0.717) is 11.5 Å². The highest BCUT2D eigenvalue weighted by Gasteiger charge is 2.27. The molecule has 1 heterocycles. The third-order valence-electron chi connectivity index (χ3n) is 3.12. The largest absolute Gasteiger partial charge is 0.233 e. The summed E-state index contributed by atoms with van der Waals surface area (Å²) in [5.74, 6) is 1.15. The Kier molecular flexibility index (Phi) is 2.90. The molecule has 1 saturated carbocycles. The Labute approximate surface area is 113 Å². The van der Waals surface area contributed by atoms with Crippen LogP contribution in [0.4, 0.5) is 4.39 Å². The first-order chi connectivity index (χ1) is 8.63. The third-order valence-corrected chi connectivity index (χ3v) is 3.53. The average Bonchev–Trinajstić information content (AvgIpc) is 3.16. The van der Waals surface area contributed by atoms with Crippen LogP contribution in [0.1, 0.15) is 30.1 Å². The molecule has 3 rings (SSSR count). The van der Waals surface area contributed by atoms with Crippen molar-refractivity contribution in [2.24, 2.45) is 0 Å². The van der Waals surface area contributed by atoms with Gasteiger partial charge < -0.3 is 0 Å². The molecule has 0 aliphatic heterocycles. The molecule has 2 aromatic rings. The molecule has 0 radical (unpaired) electrons. The first-order valence-electron chi connectivity index (χ1n) is 5.94. The van der Waals surface area contributed by atoms with Gasteiger partial charge in [0.25, 0.3) is 0 Å². The lowest BCUT2D eigenvalue weighted by atomic mass is 10.1. The molecule has 0 saturated heterocycles. The quantitative estimate of drug-likeness (QED) is 0.776. The molecule has 1 aliphatic rings. The van der Waals surface area contributed by atoms with Crippen LogP contribution in [-0.2, 0) is 0 Å². The Morgan fingerprint density at radius 2 is 2.00 bits per heavy atom. The number of aromatic nitrogens is 2. The van der Waals surface area contributed by atoms with Crippen LogP contribution in [0.15, 0.2) is 28.9 Å². The number of hydrogen-bond donors (Lipinski definition) is 0. The smallest absolute Gasteiger partial charge is 0.133 e. The maximum atomic E-state index is 13.6. The maximum absolute atomic E-state index is 13.6. The van der Waals surface area contributed by atoms with Crippen molar-refractivity contribution in [3.63, 3.8) is 0 Å². The zero-order valence-electron chi connectivity index (χ0n) is 9.95. The van der Waals surface area contributed by atoms with Crippen LogP contribution in [0.3, 0.4) is 0 Å². The van der Waals surface area contributed by atoms with Gasteiger partial charge in [0.05, 0.1) is 5.69 Å². The van der Waals surface area contributed by atoms with Gasteiger partial charge in [0, 0.05) is 11.5 Å². The minimum atomic E-state index is -0.199. The van der Waals surface area contributed by atoms with Crippen LogP contribution in [0.25, 0.3) is 11.3 Å². The molecular formula is C14H12BrFN2. The van der Waals surface area contributed by atoms with Crippen LogP contribution >= 0.6 is 15.9 Å². The molecule has 4 heteroatoms. The molecule has 92 valence electrons. The van der Waals surface area contributed by atoms with Crippen molar-refractivity contribution in [1.29, 1.82) is 0 Å². The second-order valence-electron chi connectivity index (χ2n) is 4.67. The first kappa shape index (κ1) is 11.8. The predicted molar refractivity (Wildman–Crippen MR) is 71.8 cm³/mol. The average molecular weight is 307 g/mol. The standard InChI is InChI=1S/C14H12BrFN2/c1-8-2-3-10(6-11(8)16)12-7-13(15)18-14(17-12)9-4-5-9/h2-3,6-7,9H,4-5H2,1H3. The zero-order chi connectivity index (χ0) is 12.7. The van der Waals surface area contributed by atoms with Gasteiger partial charge in [-0.15, -0.1) is 0 Å². The maximum Gasteiger partial charge on any atom is 0.133 e. The number of aryl methyl sites for hydroxylation is 1. The molecule has 1 aliphatic carbocycles. The lowest BCUT2D eigenvalue weighted by Crippen LogP contribution is -1.96. The first-order valence-corrected chi connectivity index (χ1v) is 6.74. The molecule has 1 aromatic carbocycles. The summed E-state index contributed by atoms with van der Waals surface area (Å²) in [6.07, 6.45) is 2.30. The summed E-state index contributed by atoms with van der Waals surface area (Å²) < 4.78 is 14.3. The molecule has 0 N–H and O–H groups in total. The van der Waals surface area contributed by atoms with E-state index in [9.17, 15) is 4.39 Å². The number of hydrogen-bond acceptors (Lipinski definition) is 2. The van der Waals surface area contributed by atoms with E-state index < -0.39 is 0 Å². The Bertz CT molecular complexity index is 609.